The molecule has 1 N–H and O–H groups in total. The first-order chi connectivity index (χ1) is 9.93. The molecule has 4 nitrogen and oxygen atoms in total. The van der Waals surface area contributed by atoms with Crippen molar-refractivity contribution in [3.05, 3.63) is 29.8 Å². The van der Waals surface area contributed by atoms with Crippen molar-refractivity contribution in [2.45, 2.75) is 37.8 Å². The largest absolute Gasteiger partial charge is 0.313 e. The first-order valence-corrected chi connectivity index (χ1v) is 10.0. The lowest BCUT2D eigenvalue weighted by atomic mass is 10.2. The zero-order valence-corrected chi connectivity index (χ0v) is 14.9. The topological polar surface area (TPSA) is 49.4 Å². The minimum Gasteiger partial charge on any atom is -0.313 e. The van der Waals surface area contributed by atoms with E-state index in [0.717, 1.165) is 30.8 Å². The third-order valence-corrected chi connectivity index (χ3v) is 6.17. The van der Waals surface area contributed by atoms with Crippen molar-refractivity contribution < 1.29 is 8.42 Å². The highest BCUT2D eigenvalue weighted by Crippen LogP contribution is 2.19. The number of hydrogen-bond donors (Lipinski definition) is 1. The van der Waals surface area contributed by atoms with E-state index in [1.54, 1.807) is 30.9 Å². The van der Waals surface area contributed by atoms with Gasteiger partial charge in [-0.1, -0.05) is 19.1 Å². The zero-order valence-electron chi connectivity index (χ0n) is 13.3. The van der Waals surface area contributed by atoms with Crippen LogP contribution in [0.2, 0.25) is 0 Å². The van der Waals surface area contributed by atoms with Crippen LogP contribution >= 0.6 is 11.8 Å². The molecular formula is C15H26N2O2S2. The first kappa shape index (κ1) is 18.5. The molecule has 1 atom stereocenters. The molecule has 6 heteroatoms. The molecule has 0 heterocycles. The average Bonchev–Trinajstić information content (AvgIpc) is 2.50. The quantitative estimate of drug-likeness (QED) is 0.756. The maximum Gasteiger partial charge on any atom is 0.243 e. The predicted molar refractivity (Wildman–Crippen MR) is 91.2 cm³/mol. The van der Waals surface area contributed by atoms with Crippen LogP contribution in [0.5, 0.6) is 0 Å². The summed E-state index contributed by atoms with van der Waals surface area (Å²) in [7, 11) is -1.74. The Balaban J connectivity index is 2.81. The van der Waals surface area contributed by atoms with Crippen molar-refractivity contribution in [3.63, 3.8) is 0 Å². The summed E-state index contributed by atoms with van der Waals surface area (Å²) in [5, 5.41) is 3.22. The van der Waals surface area contributed by atoms with Crippen LogP contribution in [-0.2, 0) is 16.6 Å². The van der Waals surface area contributed by atoms with E-state index < -0.39 is 10.0 Å². The summed E-state index contributed by atoms with van der Waals surface area (Å²) in [6.07, 6.45) is 2.89. The molecule has 0 aliphatic rings. The second-order valence-electron chi connectivity index (χ2n) is 5.08. The normalized spacial score (nSPS) is 13.6. The summed E-state index contributed by atoms with van der Waals surface area (Å²) in [6.45, 7) is 5.66. The minimum atomic E-state index is -3.40. The Bertz CT molecular complexity index is 515. The SMILES string of the molecule is CCNCc1ccc(S(=O)(=O)N(C)C(C)CCSC)cc1. The highest BCUT2D eigenvalue weighted by Gasteiger charge is 2.24. The van der Waals surface area contributed by atoms with Crippen LogP contribution in [0.15, 0.2) is 29.2 Å². The van der Waals surface area contributed by atoms with Gasteiger partial charge in [0, 0.05) is 19.6 Å². The number of thioether (sulfide) groups is 1. The van der Waals surface area contributed by atoms with Gasteiger partial charge in [-0.05, 0) is 49.6 Å². The predicted octanol–water partition coefficient (Wildman–Crippen LogP) is 2.56. The Morgan fingerprint density at radius 1 is 1.29 bits per heavy atom. The molecule has 120 valence electrons. The van der Waals surface area contributed by atoms with E-state index >= 15 is 0 Å². The summed E-state index contributed by atoms with van der Waals surface area (Å²) in [5.74, 6) is 0.961. The Morgan fingerprint density at radius 3 is 2.43 bits per heavy atom. The molecule has 0 bridgehead atoms. The van der Waals surface area contributed by atoms with Crippen LogP contribution < -0.4 is 5.32 Å². The number of hydrogen-bond acceptors (Lipinski definition) is 4. The lowest BCUT2D eigenvalue weighted by Crippen LogP contribution is -2.35. The maximum absolute atomic E-state index is 12.6. The molecule has 21 heavy (non-hydrogen) atoms. The molecule has 0 amide bonds. The number of nitrogens with one attached hydrogen (secondary N) is 1. The van der Waals surface area contributed by atoms with Gasteiger partial charge in [-0.3, -0.25) is 0 Å². The first-order valence-electron chi connectivity index (χ1n) is 7.20. The fourth-order valence-corrected chi connectivity index (χ4v) is 3.89. The molecule has 0 saturated carbocycles. The highest BCUT2D eigenvalue weighted by atomic mass is 32.2. The van der Waals surface area contributed by atoms with Gasteiger partial charge in [0.2, 0.25) is 10.0 Å². The molecule has 0 aliphatic heterocycles. The Hall–Kier alpha value is -0.560. The molecule has 0 aliphatic carbocycles. The molecule has 1 aromatic carbocycles. The summed E-state index contributed by atoms with van der Waals surface area (Å²) >= 11 is 1.73. The van der Waals surface area contributed by atoms with Gasteiger partial charge in [0.15, 0.2) is 0 Å². The van der Waals surface area contributed by atoms with Gasteiger partial charge in [-0.15, -0.1) is 0 Å². The van der Waals surface area contributed by atoms with Gasteiger partial charge >= 0.3 is 0 Å². The molecule has 1 unspecified atom stereocenters. The van der Waals surface area contributed by atoms with Crippen molar-refractivity contribution in [3.8, 4) is 0 Å². The Kier molecular flexibility index (Phi) is 7.73. The van der Waals surface area contributed by atoms with Crippen LogP contribution in [0.1, 0.15) is 25.8 Å². The lowest BCUT2D eigenvalue weighted by Gasteiger charge is -2.24. The number of sulfonamides is 1. The molecule has 0 aromatic heterocycles. The van der Waals surface area contributed by atoms with Crippen LogP contribution in [0, 0.1) is 0 Å². The standard InChI is InChI=1S/C15H26N2O2S2/c1-5-16-12-14-6-8-15(9-7-14)21(18,19)17(3)13(2)10-11-20-4/h6-9,13,16H,5,10-12H2,1-4H3. The van der Waals surface area contributed by atoms with Crippen LogP contribution in [0.4, 0.5) is 0 Å². The molecule has 1 rings (SSSR count). The fourth-order valence-electron chi connectivity index (χ4n) is 1.92. The van der Waals surface area contributed by atoms with E-state index in [-0.39, 0.29) is 6.04 Å². The van der Waals surface area contributed by atoms with Gasteiger partial charge in [0.25, 0.3) is 0 Å². The van der Waals surface area contributed by atoms with Gasteiger partial charge in [-0.2, -0.15) is 16.1 Å². The molecule has 0 fully saturated rings. The number of rotatable bonds is 9. The van der Waals surface area contributed by atoms with Gasteiger partial charge in [0.1, 0.15) is 0 Å². The third-order valence-electron chi connectivity index (χ3n) is 3.54. The smallest absolute Gasteiger partial charge is 0.243 e. The van der Waals surface area contributed by atoms with Crippen molar-refractivity contribution in [1.29, 1.82) is 0 Å². The summed E-state index contributed by atoms with van der Waals surface area (Å²) in [6, 6.07) is 7.13. The van der Waals surface area contributed by atoms with Crippen molar-refractivity contribution >= 4 is 21.8 Å². The van der Waals surface area contributed by atoms with Gasteiger partial charge in [0.05, 0.1) is 4.90 Å². The summed E-state index contributed by atoms with van der Waals surface area (Å²) in [5.41, 5.74) is 1.09. The molecule has 1 aromatic rings. The fraction of sp³-hybridized carbons (Fsp3) is 0.600. The van der Waals surface area contributed by atoms with Crippen molar-refractivity contribution in [1.82, 2.24) is 9.62 Å². The van der Waals surface area contributed by atoms with E-state index in [2.05, 4.69) is 5.32 Å². The molecule has 0 saturated heterocycles. The van der Waals surface area contributed by atoms with Crippen LogP contribution in [-0.4, -0.2) is 44.4 Å². The Morgan fingerprint density at radius 2 is 1.90 bits per heavy atom. The second kappa shape index (κ2) is 8.78. The molecule has 0 spiro atoms. The van der Waals surface area contributed by atoms with E-state index in [9.17, 15) is 8.42 Å². The summed E-state index contributed by atoms with van der Waals surface area (Å²) < 4.78 is 26.6. The highest BCUT2D eigenvalue weighted by molar-refractivity contribution is 7.98. The monoisotopic (exact) mass is 330 g/mol. The molecule has 0 radical (unpaired) electrons. The van der Waals surface area contributed by atoms with E-state index in [0.29, 0.717) is 4.90 Å². The average molecular weight is 331 g/mol. The zero-order chi connectivity index (χ0) is 15.9. The minimum absolute atomic E-state index is 0.00360. The van der Waals surface area contributed by atoms with E-state index in [1.807, 2.05) is 32.2 Å². The van der Waals surface area contributed by atoms with Crippen molar-refractivity contribution in [2.24, 2.45) is 0 Å². The van der Waals surface area contributed by atoms with E-state index in [1.165, 1.54) is 4.31 Å². The van der Waals surface area contributed by atoms with Crippen LogP contribution in [0.3, 0.4) is 0 Å². The lowest BCUT2D eigenvalue weighted by molar-refractivity contribution is 0.382. The summed E-state index contributed by atoms with van der Waals surface area (Å²) in [4.78, 5) is 0.362. The second-order valence-corrected chi connectivity index (χ2v) is 8.06. The third kappa shape index (κ3) is 5.29. The number of benzene rings is 1. The Labute approximate surface area is 133 Å². The van der Waals surface area contributed by atoms with Crippen LogP contribution in [0.25, 0.3) is 0 Å². The van der Waals surface area contributed by atoms with Gasteiger partial charge < -0.3 is 5.32 Å². The van der Waals surface area contributed by atoms with Gasteiger partial charge in [-0.25, -0.2) is 8.42 Å². The van der Waals surface area contributed by atoms with E-state index in [4.69, 9.17) is 0 Å². The number of nitrogens with zero attached hydrogens (tertiary/aromatic N) is 1. The molecular weight excluding hydrogens is 304 g/mol. The maximum atomic E-state index is 12.6. The van der Waals surface area contributed by atoms with Crippen molar-refractivity contribution in [2.75, 3.05) is 25.6 Å².